The van der Waals surface area contributed by atoms with Crippen LogP contribution in [0.3, 0.4) is 0 Å². The third-order valence-corrected chi connectivity index (χ3v) is 2.07. The minimum atomic E-state index is -2.00. The lowest BCUT2D eigenvalue weighted by Gasteiger charge is -2.21. The van der Waals surface area contributed by atoms with Gasteiger partial charge in [-0.15, -0.1) is 0 Å². The van der Waals surface area contributed by atoms with Crippen molar-refractivity contribution in [2.75, 3.05) is 32.6 Å². The molecule has 1 unspecified atom stereocenters. The van der Waals surface area contributed by atoms with Crippen molar-refractivity contribution in [1.82, 2.24) is 4.90 Å². The molecule has 0 saturated carbocycles. The van der Waals surface area contributed by atoms with Gasteiger partial charge >= 0.3 is 8.03 Å². The molecule has 1 aliphatic rings. The van der Waals surface area contributed by atoms with E-state index < -0.39 is 8.03 Å². The van der Waals surface area contributed by atoms with E-state index in [-0.39, 0.29) is 0 Å². The van der Waals surface area contributed by atoms with Gasteiger partial charge in [0.1, 0.15) is 0 Å². The molecule has 0 aromatic carbocycles. The number of hydrogen-bond donors (Lipinski definition) is 1. The number of nitrogens with zero attached hydrogens (tertiary/aromatic N) is 1. The highest BCUT2D eigenvalue weighted by molar-refractivity contribution is 7.37. The van der Waals surface area contributed by atoms with Crippen molar-refractivity contribution in [1.29, 1.82) is 0 Å². The third-order valence-electron chi connectivity index (χ3n) is 1.42. The lowest BCUT2D eigenvalue weighted by Crippen LogP contribution is -2.35. The normalized spacial score (nSPS) is 22.7. The maximum atomic E-state index is 10.3. The second-order valence-electron chi connectivity index (χ2n) is 2.22. The molecule has 0 spiro atoms. The summed E-state index contributed by atoms with van der Waals surface area (Å²) >= 11 is 0. The van der Waals surface area contributed by atoms with Crippen LogP contribution in [0.25, 0.3) is 0 Å². The predicted molar refractivity (Wildman–Crippen MR) is 37.1 cm³/mol. The third kappa shape index (κ3) is 2.71. The second kappa shape index (κ2) is 3.98. The summed E-state index contributed by atoms with van der Waals surface area (Å²) in [6.45, 7) is 2.93. The molecule has 1 atom stereocenters. The zero-order valence-corrected chi connectivity index (χ0v) is 6.59. The fourth-order valence-electron chi connectivity index (χ4n) is 0.914. The second-order valence-corrected chi connectivity index (χ2v) is 3.21. The molecule has 1 aliphatic heterocycles. The van der Waals surface area contributed by atoms with Crippen LogP contribution in [-0.4, -0.2) is 42.4 Å². The van der Waals surface area contributed by atoms with Crippen molar-refractivity contribution in [3.63, 3.8) is 0 Å². The Morgan fingerprint density at radius 2 is 2.10 bits per heavy atom. The summed E-state index contributed by atoms with van der Waals surface area (Å²) in [6, 6.07) is 0. The fraction of sp³-hybridized carbons (Fsp3) is 1.00. The maximum absolute atomic E-state index is 10.3. The lowest BCUT2D eigenvalue weighted by atomic mass is 10.5. The number of rotatable bonds is 2. The molecule has 10 heavy (non-hydrogen) atoms. The van der Waals surface area contributed by atoms with Gasteiger partial charge < -0.3 is 4.74 Å². The zero-order chi connectivity index (χ0) is 7.40. The quantitative estimate of drug-likeness (QED) is 0.584. The van der Waals surface area contributed by atoms with Gasteiger partial charge in [0.15, 0.2) is 0 Å². The van der Waals surface area contributed by atoms with E-state index in [1.165, 1.54) is 0 Å². The Morgan fingerprint density at radius 3 is 2.60 bits per heavy atom. The molecule has 1 heterocycles. The SMILES string of the molecule is O=[P+](O)CN1CCOCC1. The van der Waals surface area contributed by atoms with Gasteiger partial charge in [-0.1, -0.05) is 0 Å². The molecule has 58 valence electrons. The lowest BCUT2D eigenvalue weighted by molar-refractivity contribution is 0.0458. The van der Waals surface area contributed by atoms with Gasteiger partial charge in [0.2, 0.25) is 6.29 Å². The van der Waals surface area contributed by atoms with Crippen molar-refractivity contribution in [3.05, 3.63) is 0 Å². The fourth-order valence-corrected chi connectivity index (χ4v) is 1.54. The minimum absolute atomic E-state index is 0.290. The van der Waals surface area contributed by atoms with Crippen LogP contribution in [0.1, 0.15) is 0 Å². The largest absolute Gasteiger partial charge is 0.521 e. The van der Waals surface area contributed by atoms with Gasteiger partial charge in [0.25, 0.3) is 0 Å². The van der Waals surface area contributed by atoms with E-state index in [2.05, 4.69) is 0 Å². The first-order valence-corrected chi connectivity index (χ1v) is 4.62. The molecular weight excluding hydrogens is 153 g/mol. The Morgan fingerprint density at radius 1 is 1.50 bits per heavy atom. The Bertz CT molecular complexity index is 124. The number of ether oxygens (including phenoxy) is 1. The van der Waals surface area contributed by atoms with Gasteiger partial charge in [0.05, 0.1) is 13.2 Å². The Kier molecular flexibility index (Phi) is 3.22. The molecule has 0 bridgehead atoms. The molecule has 1 rings (SSSR count). The smallest absolute Gasteiger partial charge is 0.379 e. The first-order chi connectivity index (χ1) is 4.79. The van der Waals surface area contributed by atoms with Crippen molar-refractivity contribution in [2.24, 2.45) is 0 Å². The summed E-state index contributed by atoms with van der Waals surface area (Å²) in [4.78, 5) is 10.5. The molecule has 5 heteroatoms. The zero-order valence-electron chi connectivity index (χ0n) is 5.69. The van der Waals surface area contributed by atoms with Crippen LogP contribution in [0.15, 0.2) is 0 Å². The first kappa shape index (κ1) is 8.08. The van der Waals surface area contributed by atoms with Crippen LogP contribution in [0, 0.1) is 0 Å². The Labute approximate surface area is 60.7 Å². The highest BCUT2D eigenvalue weighted by atomic mass is 31.1. The summed E-state index contributed by atoms with van der Waals surface area (Å²) in [6.07, 6.45) is 0.290. The highest BCUT2D eigenvalue weighted by Crippen LogP contribution is 2.15. The maximum Gasteiger partial charge on any atom is 0.521 e. The molecule has 0 radical (unpaired) electrons. The van der Waals surface area contributed by atoms with Crippen molar-refractivity contribution in [3.8, 4) is 0 Å². The molecule has 0 aromatic rings. The van der Waals surface area contributed by atoms with Gasteiger partial charge in [-0.2, -0.15) is 4.89 Å². The van der Waals surface area contributed by atoms with Crippen LogP contribution in [-0.2, 0) is 9.30 Å². The summed E-state index contributed by atoms with van der Waals surface area (Å²) in [5, 5.41) is 0. The Hall–Kier alpha value is -0.0200. The highest BCUT2D eigenvalue weighted by Gasteiger charge is 2.19. The van der Waals surface area contributed by atoms with Crippen LogP contribution < -0.4 is 0 Å². The number of hydrogen-bond acceptors (Lipinski definition) is 3. The van der Waals surface area contributed by atoms with Gasteiger partial charge in [0, 0.05) is 13.1 Å². The van der Waals surface area contributed by atoms with E-state index in [1.54, 1.807) is 0 Å². The monoisotopic (exact) mass is 164 g/mol. The van der Waals surface area contributed by atoms with Gasteiger partial charge in [-0.05, 0) is 4.57 Å². The summed E-state index contributed by atoms with van der Waals surface area (Å²) in [5.74, 6) is 0. The summed E-state index contributed by atoms with van der Waals surface area (Å²) in [5.41, 5.74) is 0. The van der Waals surface area contributed by atoms with Gasteiger partial charge in [-0.25, -0.2) is 0 Å². The topological polar surface area (TPSA) is 49.8 Å². The van der Waals surface area contributed by atoms with Crippen LogP contribution in [0.2, 0.25) is 0 Å². The van der Waals surface area contributed by atoms with Crippen LogP contribution in [0.4, 0.5) is 0 Å². The van der Waals surface area contributed by atoms with E-state index >= 15 is 0 Å². The standard InChI is InChI=1S/C5H10NO3P/c7-10(8)5-6-1-3-9-4-2-6/h1-5H2/p+1. The van der Waals surface area contributed by atoms with Crippen molar-refractivity contribution < 1.29 is 14.2 Å². The molecular formula is C5H11NO3P+. The van der Waals surface area contributed by atoms with Crippen molar-refractivity contribution in [2.45, 2.75) is 0 Å². The van der Waals surface area contributed by atoms with E-state index in [0.717, 1.165) is 13.1 Å². The summed E-state index contributed by atoms with van der Waals surface area (Å²) < 4.78 is 15.4. The molecule has 0 aromatic heterocycles. The molecule has 0 aliphatic carbocycles. The minimum Gasteiger partial charge on any atom is -0.379 e. The van der Waals surface area contributed by atoms with Crippen LogP contribution >= 0.6 is 8.03 Å². The molecule has 1 N–H and O–H groups in total. The average Bonchev–Trinajstić information content (AvgIpc) is 1.88. The first-order valence-electron chi connectivity index (χ1n) is 3.22. The Balaban J connectivity index is 2.19. The van der Waals surface area contributed by atoms with Crippen LogP contribution in [0.5, 0.6) is 0 Å². The molecule has 4 nitrogen and oxygen atoms in total. The van der Waals surface area contributed by atoms with E-state index in [9.17, 15) is 4.57 Å². The predicted octanol–water partition coefficient (Wildman–Crippen LogP) is 0.0108. The number of morpholine rings is 1. The van der Waals surface area contributed by atoms with E-state index in [1.807, 2.05) is 4.90 Å². The van der Waals surface area contributed by atoms with E-state index in [0.29, 0.717) is 19.5 Å². The summed E-state index contributed by atoms with van der Waals surface area (Å²) in [7, 11) is -2.00. The van der Waals surface area contributed by atoms with Gasteiger partial charge in [-0.3, -0.25) is 4.90 Å². The average molecular weight is 164 g/mol. The molecule has 0 amide bonds. The van der Waals surface area contributed by atoms with Crippen molar-refractivity contribution >= 4 is 8.03 Å². The molecule has 1 fully saturated rings. The van der Waals surface area contributed by atoms with E-state index in [4.69, 9.17) is 9.63 Å². The molecule has 1 saturated heterocycles.